The molecule has 1 aliphatic carbocycles. The molecule has 2 amide bonds. The lowest BCUT2D eigenvalue weighted by Gasteiger charge is -2.36. The number of carbonyl (C=O) groups is 2. The van der Waals surface area contributed by atoms with E-state index in [9.17, 15) is 14.7 Å². The molecule has 3 aliphatic rings. The van der Waals surface area contributed by atoms with Gasteiger partial charge in [0.1, 0.15) is 11.5 Å². The first-order valence-electron chi connectivity index (χ1n) is 8.96. The number of aromatic hydroxyl groups is 1. The molecule has 3 atom stereocenters. The molecular formula is C20H21N3O4. The fourth-order valence-corrected chi connectivity index (χ4v) is 3.78. The Hall–Kier alpha value is -3.09. The molecule has 2 bridgehead atoms. The highest BCUT2D eigenvalue weighted by molar-refractivity contribution is 5.95. The van der Waals surface area contributed by atoms with Crippen molar-refractivity contribution in [3.63, 3.8) is 0 Å². The summed E-state index contributed by atoms with van der Waals surface area (Å²) in [6.07, 6.45) is 2.33. The number of ether oxygens (including phenoxy) is 1. The topological polar surface area (TPSA) is 91.8 Å². The third kappa shape index (κ3) is 3.32. The standard InChI is InChI=1S/C20H21N3O4/c1-12-4-6-14(7-5-12)27-11-17(25)22-18-13-9-15(18)23(10-13)20(26)19-16(24)3-2-8-21-19/h2-8,13,15,18,24H,9-11H2,1H3,(H,22,25). The maximum atomic E-state index is 12.6. The van der Waals surface area contributed by atoms with Crippen LogP contribution >= 0.6 is 0 Å². The van der Waals surface area contributed by atoms with Crippen LogP contribution in [0.3, 0.4) is 0 Å². The molecule has 3 heterocycles. The van der Waals surface area contributed by atoms with Crippen molar-refractivity contribution < 1.29 is 19.4 Å². The monoisotopic (exact) mass is 367 g/mol. The van der Waals surface area contributed by atoms with E-state index >= 15 is 0 Å². The SMILES string of the molecule is Cc1ccc(OCC(=O)NC2C3CC2N(C(=O)c2ncccc2O)C3)cc1. The summed E-state index contributed by atoms with van der Waals surface area (Å²) in [6, 6.07) is 10.4. The van der Waals surface area contributed by atoms with Crippen molar-refractivity contribution in [2.24, 2.45) is 5.92 Å². The molecule has 5 rings (SSSR count). The fourth-order valence-electron chi connectivity index (χ4n) is 3.78. The Morgan fingerprint density at radius 3 is 2.81 bits per heavy atom. The molecule has 7 heteroatoms. The third-order valence-corrected chi connectivity index (χ3v) is 5.27. The molecule has 2 aromatic rings. The average molecular weight is 367 g/mol. The molecule has 7 nitrogen and oxygen atoms in total. The molecule has 27 heavy (non-hydrogen) atoms. The van der Waals surface area contributed by atoms with Crippen molar-refractivity contribution in [2.75, 3.05) is 13.2 Å². The summed E-state index contributed by atoms with van der Waals surface area (Å²) in [5.74, 6) is 0.250. The van der Waals surface area contributed by atoms with Gasteiger partial charge in [0.2, 0.25) is 0 Å². The highest BCUT2D eigenvalue weighted by Gasteiger charge is 2.54. The van der Waals surface area contributed by atoms with E-state index in [-0.39, 0.29) is 47.9 Å². The number of hydrogen-bond acceptors (Lipinski definition) is 5. The number of fused-ring (bicyclic) bond motifs is 1. The molecule has 2 saturated heterocycles. The first kappa shape index (κ1) is 17.3. The normalized spacial score (nSPS) is 22.9. The first-order chi connectivity index (χ1) is 13.0. The summed E-state index contributed by atoms with van der Waals surface area (Å²) in [5, 5.41) is 12.8. The average Bonchev–Trinajstić information content (AvgIpc) is 3.25. The summed E-state index contributed by atoms with van der Waals surface area (Å²) >= 11 is 0. The van der Waals surface area contributed by atoms with E-state index in [0.717, 1.165) is 12.0 Å². The Kier molecular flexibility index (Phi) is 4.43. The second-order valence-corrected chi connectivity index (χ2v) is 7.09. The van der Waals surface area contributed by atoms with E-state index < -0.39 is 0 Å². The Labute approximate surface area is 157 Å². The van der Waals surface area contributed by atoms with Gasteiger partial charge in [-0.3, -0.25) is 9.59 Å². The maximum Gasteiger partial charge on any atom is 0.276 e. The van der Waals surface area contributed by atoms with Gasteiger partial charge in [-0.15, -0.1) is 0 Å². The van der Waals surface area contributed by atoms with Crippen LogP contribution < -0.4 is 10.1 Å². The summed E-state index contributed by atoms with van der Waals surface area (Å²) < 4.78 is 5.51. The summed E-state index contributed by atoms with van der Waals surface area (Å²) in [5.41, 5.74) is 1.18. The van der Waals surface area contributed by atoms with E-state index in [4.69, 9.17) is 4.74 Å². The van der Waals surface area contributed by atoms with Crippen molar-refractivity contribution in [3.05, 3.63) is 53.9 Å². The molecule has 2 aliphatic heterocycles. The lowest BCUT2D eigenvalue weighted by atomic mass is 9.80. The molecular weight excluding hydrogens is 346 g/mol. The van der Waals surface area contributed by atoms with Gasteiger partial charge < -0.3 is 20.1 Å². The van der Waals surface area contributed by atoms with Gasteiger partial charge in [-0.25, -0.2) is 4.98 Å². The van der Waals surface area contributed by atoms with E-state index in [1.54, 1.807) is 11.0 Å². The van der Waals surface area contributed by atoms with Crippen LogP contribution in [0, 0.1) is 12.8 Å². The first-order valence-corrected chi connectivity index (χ1v) is 8.96. The highest BCUT2D eigenvalue weighted by Crippen LogP contribution is 2.42. The molecule has 3 fully saturated rings. The minimum Gasteiger partial charge on any atom is -0.505 e. The Bertz CT molecular complexity index is 868. The number of pyridine rings is 1. The largest absolute Gasteiger partial charge is 0.505 e. The smallest absolute Gasteiger partial charge is 0.276 e. The Morgan fingerprint density at radius 2 is 2.07 bits per heavy atom. The lowest BCUT2D eigenvalue weighted by molar-refractivity contribution is -0.124. The highest BCUT2D eigenvalue weighted by atomic mass is 16.5. The quantitative estimate of drug-likeness (QED) is 0.836. The molecule has 0 spiro atoms. The van der Waals surface area contributed by atoms with E-state index in [2.05, 4.69) is 10.3 Å². The zero-order valence-electron chi connectivity index (χ0n) is 15.0. The predicted molar refractivity (Wildman–Crippen MR) is 97.4 cm³/mol. The van der Waals surface area contributed by atoms with Crippen molar-refractivity contribution in [1.82, 2.24) is 15.2 Å². The van der Waals surface area contributed by atoms with Gasteiger partial charge in [-0.2, -0.15) is 0 Å². The van der Waals surface area contributed by atoms with Gasteiger partial charge in [0.25, 0.3) is 11.8 Å². The molecule has 1 aromatic carbocycles. The fraction of sp³-hybridized carbons (Fsp3) is 0.350. The molecule has 1 saturated carbocycles. The van der Waals surface area contributed by atoms with Crippen LogP contribution in [-0.4, -0.2) is 52.0 Å². The number of aromatic nitrogens is 1. The van der Waals surface area contributed by atoms with Crippen molar-refractivity contribution >= 4 is 11.8 Å². The number of hydrogen-bond donors (Lipinski definition) is 2. The van der Waals surface area contributed by atoms with Gasteiger partial charge >= 0.3 is 0 Å². The Morgan fingerprint density at radius 1 is 1.30 bits per heavy atom. The van der Waals surface area contributed by atoms with Crippen LogP contribution in [0.15, 0.2) is 42.6 Å². The van der Waals surface area contributed by atoms with Crippen LogP contribution in [0.5, 0.6) is 11.5 Å². The van der Waals surface area contributed by atoms with Gasteiger partial charge in [0.05, 0.1) is 12.1 Å². The van der Waals surface area contributed by atoms with Crippen LogP contribution in [-0.2, 0) is 4.79 Å². The van der Waals surface area contributed by atoms with Crippen LogP contribution in [0.2, 0.25) is 0 Å². The third-order valence-electron chi connectivity index (χ3n) is 5.27. The lowest BCUT2D eigenvalue weighted by Crippen LogP contribution is -2.56. The maximum absolute atomic E-state index is 12.6. The molecule has 0 radical (unpaired) electrons. The zero-order valence-corrected chi connectivity index (χ0v) is 15.0. The van der Waals surface area contributed by atoms with Crippen molar-refractivity contribution in [1.29, 1.82) is 0 Å². The number of nitrogens with one attached hydrogen (secondary N) is 1. The number of amides is 2. The number of rotatable bonds is 5. The van der Waals surface area contributed by atoms with Gasteiger partial charge in [0.15, 0.2) is 12.3 Å². The number of aryl methyl sites for hydroxylation is 1. The zero-order chi connectivity index (χ0) is 19.0. The summed E-state index contributed by atoms with van der Waals surface area (Å²) in [4.78, 5) is 30.5. The predicted octanol–water partition coefficient (Wildman–Crippen LogP) is 1.50. The summed E-state index contributed by atoms with van der Waals surface area (Å²) in [7, 11) is 0. The van der Waals surface area contributed by atoms with Crippen molar-refractivity contribution in [3.8, 4) is 11.5 Å². The summed E-state index contributed by atoms with van der Waals surface area (Å²) in [6.45, 7) is 2.48. The number of nitrogens with zero attached hydrogens (tertiary/aromatic N) is 2. The second kappa shape index (κ2) is 6.90. The van der Waals surface area contributed by atoms with E-state index in [1.165, 1.54) is 12.3 Å². The van der Waals surface area contributed by atoms with Crippen molar-refractivity contribution in [2.45, 2.75) is 25.4 Å². The van der Waals surface area contributed by atoms with Gasteiger partial charge in [-0.1, -0.05) is 17.7 Å². The molecule has 140 valence electrons. The van der Waals surface area contributed by atoms with Gasteiger partial charge in [0, 0.05) is 18.7 Å². The number of benzene rings is 1. The molecule has 3 unspecified atom stereocenters. The van der Waals surface area contributed by atoms with E-state index in [0.29, 0.717) is 12.3 Å². The van der Waals surface area contributed by atoms with E-state index in [1.807, 2.05) is 31.2 Å². The minimum absolute atomic E-state index is 0.0535. The van der Waals surface area contributed by atoms with Crippen LogP contribution in [0.4, 0.5) is 0 Å². The number of carbonyl (C=O) groups excluding carboxylic acids is 2. The van der Waals surface area contributed by atoms with Gasteiger partial charge in [-0.05, 0) is 37.6 Å². The molecule has 2 N–H and O–H groups in total. The van der Waals surface area contributed by atoms with Crippen LogP contribution in [0.1, 0.15) is 22.5 Å². The molecule has 1 aromatic heterocycles. The Balaban J connectivity index is 1.33. The second-order valence-electron chi connectivity index (χ2n) is 7.09. The van der Waals surface area contributed by atoms with Crippen LogP contribution in [0.25, 0.3) is 0 Å². The minimum atomic E-state index is -0.298.